The summed E-state index contributed by atoms with van der Waals surface area (Å²) in [5.74, 6) is 0. The van der Waals surface area contributed by atoms with Gasteiger partial charge in [0.15, 0.2) is 0 Å². The molecular weight excluding hydrogens is 176 g/mol. The zero-order valence-corrected chi connectivity index (χ0v) is 9.59. The van der Waals surface area contributed by atoms with Gasteiger partial charge in [0, 0.05) is 12.6 Å². The number of piperidine rings is 1. The molecule has 0 radical (unpaired) electrons. The van der Waals surface area contributed by atoms with Gasteiger partial charge in [-0.2, -0.15) is 0 Å². The number of likely N-dealkylation sites (tertiary alicyclic amines) is 1. The molecule has 0 amide bonds. The van der Waals surface area contributed by atoms with Gasteiger partial charge in [-0.15, -0.1) is 0 Å². The molecule has 84 valence electrons. The molecule has 1 saturated heterocycles. The number of rotatable bonds is 6. The summed E-state index contributed by atoms with van der Waals surface area (Å²) in [7, 11) is 2.21. The van der Waals surface area contributed by atoms with E-state index < -0.39 is 0 Å². The lowest BCUT2D eigenvalue weighted by Gasteiger charge is -2.32. The van der Waals surface area contributed by atoms with E-state index in [1.54, 1.807) is 0 Å². The standard InChI is InChI=1S/C11H24N2O/c1-3-12-7-9-14-10-11-6-4-5-8-13(11)2/h11-12H,3-10H2,1-2H3. The molecule has 3 nitrogen and oxygen atoms in total. The first-order valence-corrected chi connectivity index (χ1v) is 5.83. The number of nitrogens with zero attached hydrogens (tertiary/aromatic N) is 1. The van der Waals surface area contributed by atoms with Crippen LogP contribution in [0, 0.1) is 0 Å². The van der Waals surface area contributed by atoms with Crippen LogP contribution in [0.5, 0.6) is 0 Å². The Labute approximate surface area is 87.8 Å². The summed E-state index contributed by atoms with van der Waals surface area (Å²) < 4.78 is 5.64. The number of nitrogens with one attached hydrogen (secondary N) is 1. The second kappa shape index (κ2) is 7.21. The molecule has 0 spiro atoms. The monoisotopic (exact) mass is 200 g/mol. The Balaban J connectivity index is 1.99. The molecule has 1 fully saturated rings. The van der Waals surface area contributed by atoms with Crippen LogP contribution >= 0.6 is 0 Å². The highest BCUT2D eigenvalue weighted by molar-refractivity contribution is 4.73. The van der Waals surface area contributed by atoms with Gasteiger partial charge in [0.1, 0.15) is 0 Å². The lowest BCUT2D eigenvalue weighted by molar-refractivity contribution is 0.0545. The summed E-state index contributed by atoms with van der Waals surface area (Å²) in [6.45, 7) is 7.12. The predicted octanol–water partition coefficient (Wildman–Crippen LogP) is 1.10. The molecule has 3 heteroatoms. The van der Waals surface area contributed by atoms with E-state index in [1.807, 2.05) is 0 Å². The van der Waals surface area contributed by atoms with Gasteiger partial charge in [-0.05, 0) is 33.0 Å². The minimum Gasteiger partial charge on any atom is -0.379 e. The van der Waals surface area contributed by atoms with Crippen LogP contribution in [0.1, 0.15) is 26.2 Å². The van der Waals surface area contributed by atoms with Gasteiger partial charge >= 0.3 is 0 Å². The number of hydrogen-bond donors (Lipinski definition) is 1. The van der Waals surface area contributed by atoms with Crippen LogP contribution in [0.2, 0.25) is 0 Å². The van der Waals surface area contributed by atoms with Gasteiger partial charge in [-0.25, -0.2) is 0 Å². The highest BCUT2D eigenvalue weighted by Crippen LogP contribution is 2.14. The van der Waals surface area contributed by atoms with Crippen molar-refractivity contribution in [2.75, 3.05) is 39.9 Å². The van der Waals surface area contributed by atoms with Crippen molar-refractivity contribution in [3.8, 4) is 0 Å². The van der Waals surface area contributed by atoms with Gasteiger partial charge < -0.3 is 15.0 Å². The normalized spacial score (nSPS) is 24.0. The average Bonchev–Trinajstić information content (AvgIpc) is 2.20. The van der Waals surface area contributed by atoms with Crippen molar-refractivity contribution in [2.45, 2.75) is 32.2 Å². The molecule has 1 heterocycles. The van der Waals surface area contributed by atoms with Crippen LogP contribution in [0.3, 0.4) is 0 Å². The first-order chi connectivity index (χ1) is 6.84. The molecule has 0 aromatic heterocycles. The fourth-order valence-corrected chi connectivity index (χ4v) is 1.90. The first kappa shape index (κ1) is 12.0. The van der Waals surface area contributed by atoms with E-state index in [-0.39, 0.29) is 0 Å². The molecular formula is C11H24N2O. The predicted molar refractivity (Wildman–Crippen MR) is 59.6 cm³/mol. The van der Waals surface area contributed by atoms with Gasteiger partial charge in [0.05, 0.1) is 13.2 Å². The third-order valence-electron chi connectivity index (χ3n) is 2.90. The molecule has 0 aliphatic carbocycles. The largest absolute Gasteiger partial charge is 0.379 e. The van der Waals surface area contributed by atoms with Gasteiger partial charge in [-0.3, -0.25) is 0 Å². The Bertz CT molecular complexity index is 141. The van der Waals surface area contributed by atoms with E-state index in [4.69, 9.17) is 4.74 Å². The zero-order valence-electron chi connectivity index (χ0n) is 9.59. The molecule has 1 unspecified atom stereocenters. The molecule has 1 rings (SSSR count). The fraction of sp³-hybridized carbons (Fsp3) is 1.00. The average molecular weight is 200 g/mol. The Morgan fingerprint density at radius 3 is 3.00 bits per heavy atom. The van der Waals surface area contributed by atoms with E-state index in [2.05, 4.69) is 24.2 Å². The van der Waals surface area contributed by atoms with Crippen molar-refractivity contribution in [1.29, 1.82) is 0 Å². The Kier molecular flexibility index (Phi) is 6.15. The van der Waals surface area contributed by atoms with E-state index in [1.165, 1.54) is 25.8 Å². The van der Waals surface area contributed by atoms with Crippen LogP contribution in [0.15, 0.2) is 0 Å². The molecule has 1 aliphatic rings. The summed E-state index contributed by atoms with van der Waals surface area (Å²) in [6.07, 6.45) is 4.02. The SMILES string of the molecule is CCNCCOCC1CCCCN1C. The number of likely N-dealkylation sites (N-methyl/N-ethyl adjacent to an activating group) is 2. The van der Waals surface area contributed by atoms with Crippen LogP contribution in [0.4, 0.5) is 0 Å². The summed E-state index contributed by atoms with van der Waals surface area (Å²) >= 11 is 0. The molecule has 0 saturated carbocycles. The maximum absolute atomic E-state index is 5.64. The van der Waals surface area contributed by atoms with Crippen LogP contribution in [-0.4, -0.2) is 50.8 Å². The summed E-state index contributed by atoms with van der Waals surface area (Å²) in [6, 6.07) is 0.658. The Morgan fingerprint density at radius 1 is 1.43 bits per heavy atom. The van der Waals surface area contributed by atoms with Crippen molar-refractivity contribution in [1.82, 2.24) is 10.2 Å². The highest BCUT2D eigenvalue weighted by Gasteiger charge is 2.18. The van der Waals surface area contributed by atoms with Gasteiger partial charge in [-0.1, -0.05) is 13.3 Å². The van der Waals surface area contributed by atoms with Crippen molar-refractivity contribution >= 4 is 0 Å². The Morgan fingerprint density at radius 2 is 2.29 bits per heavy atom. The lowest BCUT2D eigenvalue weighted by Crippen LogP contribution is -2.39. The first-order valence-electron chi connectivity index (χ1n) is 5.83. The van der Waals surface area contributed by atoms with Crippen molar-refractivity contribution in [3.63, 3.8) is 0 Å². The van der Waals surface area contributed by atoms with Gasteiger partial charge in [0.2, 0.25) is 0 Å². The number of ether oxygens (including phenoxy) is 1. The zero-order chi connectivity index (χ0) is 10.2. The molecule has 1 N–H and O–H groups in total. The quantitative estimate of drug-likeness (QED) is 0.650. The van der Waals surface area contributed by atoms with Crippen molar-refractivity contribution in [2.24, 2.45) is 0 Å². The van der Waals surface area contributed by atoms with Gasteiger partial charge in [0.25, 0.3) is 0 Å². The van der Waals surface area contributed by atoms with E-state index >= 15 is 0 Å². The Hall–Kier alpha value is -0.120. The number of hydrogen-bond acceptors (Lipinski definition) is 3. The van der Waals surface area contributed by atoms with E-state index in [9.17, 15) is 0 Å². The summed E-state index contributed by atoms with van der Waals surface area (Å²) in [4.78, 5) is 2.43. The van der Waals surface area contributed by atoms with Crippen LogP contribution < -0.4 is 5.32 Å². The van der Waals surface area contributed by atoms with Crippen LogP contribution in [-0.2, 0) is 4.74 Å². The second-order valence-corrected chi connectivity index (χ2v) is 4.06. The topological polar surface area (TPSA) is 24.5 Å². The minimum absolute atomic E-state index is 0.658. The third kappa shape index (κ3) is 4.40. The minimum atomic E-state index is 0.658. The summed E-state index contributed by atoms with van der Waals surface area (Å²) in [5, 5.41) is 3.26. The van der Waals surface area contributed by atoms with Crippen molar-refractivity contribution < 1.29 is 4.74 Å². The van der Waals surface area contributed by atoms with E-state index in [0.717, 1.165) is 26.3 Å². The highest BCUT2D eigenvalue weighted by atomic mass is 16.5. The maximum atomic E-state index is 5.64. The summed E-state index contributed by atoms with van der Waals surface area (Å²) in [5.41, 5.74) is 0. The molecule has 1 atom stereocenters. The van der Waals surface area contributed by atoms with E-state index in [0.29, 0.717) is 6.04 Å². The molecule has 0 bridgehead atoms. The second-order valence-electron chi connectivity index (χ2n) is 4.06. The third-order valence-corrected chi connectivity index (χ3v) is 2.90. The smallest absolute Gasteiger partial charge is 0.0622 e. The molecule has 1 aliphatic heterocycles. The molecule has 14 heavy (non-hydrogen) atoms. The van der Waals surface area contributed by atoms with Crippen molar-refractivity contribution in [3.05, 3.63) is 0 Å². The fourth-order valence-electron chi connectivity index (χ4n) is 1.90. The maximum Gasteiger partial charge on any atom is 0.0622 e. The van der Waals surface area contributed by atoms with Crippen LogP contribution in [0.25, 0.3) is 0 Å². The molecule has 0 aromatic rings. The lowest BCUT2D eigenvalue weighted by atomic mass is 10.0. The molecule has 0 aromatic carbocycles.